The summed E-state index contributed by atoms with van der Waals surface area (Å²) in [5, 5.41) is 3.70. The number of methoxy groups -OCH3 is 1. The van der Waals surface area contributed by atoms with E-state index in [4.69, 9.17) is 4.74 Å². The molecule has 0 amide bonds. The predicted molar refractivity (Wildman–Crippen MR) is 76.1 cm³/mol. The van der Waals surface area contributed by atoms with Crippen LogP contribution in [0.1, 0.15) is 38.2 Å². The van der Waals surface area contributed by atoms with E-state index in [1.165, 1.54) is 31.2 Å². The van der Waals surface area contributed by atoms with Crippen LogP contribution in [-0.2, 0) is 6.42 Å². The van der Waals surface area contributed by atoms with E-state index >= 15 is 0 Å². The summed E-state index contributed by atoms with van der Waals surface area (Å²) in [4.78, 5) is 0. The first-order chi connectivity index (χ1) is 8.85. The van der Waals surface area contributed by atoms with E-state index in [0.29, 0.717) is 6.04 Å². The van der Waals surface area contributed by atoms with Gasteiger partial charge in [-0.15, -0.1) is 0 Å². The lowest BCUT2D eigenvalue weighted by Gasteiger charge is -2.21. The molecule has 1 saturated carbocycles. The zero-order valence-electron chi connectivity index (χ0n) is 11.6. The molecule has 0 aromatic heterocycles. The molecule has 1 N–H and O–H groups in total. The molecule has 0 heterocycles. The molecule has 0 bridgehead atoms. The molecule has 1 aromatic carbocycles. The maximum Gasteiger partial charge on any atom is 0.122 e. The van der Waals surface area contributed by atoms with Crippen molar-refractivity contribution in [3.63, 3.8) is 0 Å². The van der Waals surface area contributed by atoms with Crippen molar-refractivity contribution in [3.8, 4) is 5.75 Å². The number of hydrogen-bond acceptors (Lipinski definition) is 2. The van der Waals surface area contributed by atoms with Gasteiger partial charge in [0.15, 0.2) is 0 Å². The Bertz CT molecular complexity index is 364. The minimum Gasteiger partial charge on any atom is -0.496 e. The van der Waals surface area contributed by atoms with Gasteiger partial charge in [-0.1, -0.05) is 31.5 Å². The second-order valence-electron chi connectivity index (χ2n) is 5.27. The highest BCUT2D eigenvalue weighted by Gasteiger charge is 2.27. The quantitative estimate of drug-likeness (QED) is 0.832. The molecule has 2 rings (SSSR count). The maximum absolute atomic E-state index is 5.45. The van der Waals surface area contributed by atoms with Crippen LogP contribution >= 0.6 is 0 Å². The Labute approximate surface area is 111 Å². The molecule has 2 nitrogen and oxygen atoms in total. The van der Waals surface area contributed by atoms with Gasteiger partial charge >= 0.3 is 0 Å². The van der Waals surface area contributed by atoms with E-state index in [1.54, 1.807) is 7.11 Å². The van der Waals surface area contributed by atoms with Crippen molar-refractivity contribution in [3.05, 3.63) is 29.8 Å². The van der Waals surface area contributed by atoms with Crippen LogP contribution in [-0.4, -0.2) is 19.7 Å². The number of para-hydroxylation sites is 1. The van der Waals surface area contributed by atoms with Gasteiger partial charge in [0.1, 0.15) is 5.75 Å². The highest BCUT2D eigenvalue weighted by molar-refractivity contribution is 5.33. The van der Waals surface area contributed by atoms with Crippen LogP contribution in [0.2, 0.25) is 0 Å². The summed E-state index contributed by atoms with van der Waals surface area (Å²) in [7, 11) is 1.76. The molecule has 18 heavy (non-hydrogen) atoms. The van der Waals surface area contributed by atoms with Gasteiger partial charge in [-0.3, -0.25) is 0 Å². The molecular weight excluding hydrogens is 222 g/mol. The fourth-order valence-electron chi connectivity index (χ4n) is 3.03. The largest absolute Gasteiger partial charge is 0.496 e. The maximum atomic E-state index is 5.45. The Morgan fingerprint density at radius 3 is 2.89 bits per heavy atom. The van der Waals surface area contributed by atoms with Gasteiger partial charge in [-0.25, -0.2) is 0 Å². The van der Waals surface area contributed by atoms with Crippen molar-refractivity contribution in [2.45, 2.75) is 45.1 Å². The Hall–Kier alpha value is -1.02. The Morgan fingerprint density at radius 2 is 2.11 bits per heavy atom. The zero-order chi connectivity index (χ0) is 12.8. The first-order valence-corrected chi connectivity index (χ1v) is 7.20. The number of ether oxygens (including phenoxy) is 1. The molecule has 100 valence electrons. The summed E-state index contributed by atoms with van der Waals surface area (Å²) >= 11 is 0. The van der Waals surface area contributed by atoms with E-state index in [0.717, 1.165) is 24.6 Å². The Morgan fingerprint density at radius 1 is 1.28 bits per heavy atom. The summed E-state index contributed by atoms with van der Waals surface area (Å²) in [5.41, 5.74) is 1.36. The minimum atomic E-state index is 0.704. The fraction of sp³-hybridized carbons (Fsp3) is 0.625. The SMILES string of the molecule is CCCNC1CCCC1Cc1ccccc1OC. The fourth-order valence-corrected chi connectivity index (χ4v) is 3.03. The van der Waals surface area contributed by atoms with Crippen LogP contribution < -0.4 is 10.1 Å². The molecule has 2 atom stereocenters. The van der Waals surface area contributed by atoms with Gasteiger partial charge in [0.2, 0.25) is 0 Å². The molecule has 1 aliphatic rings. The van der Waals surface area contributed by atoms with Crippen LogP contribution in [0.3, 0.4) is 0 Å². The number of nitrogens with one attached hydrogen (secondary N) is 1. The van der Waals surface area contributed by atoms with Crippen LogP contribution in [0, 0.1) is 5.92 Å². The van der Waals surface area contributed by atoms with Gasteiger partial charge in [-0.05, 0) is 49.8 Å². The lowest BCUT2D eigenvalue weighted by molar-refractivity contribution is 0.380. The van der Waals surface area contributed by atoms with Crippen molar-refractivity contribution in [2.24, 2.45) is 5.92 Å². The van der Waals surface area contributed by atoms with Crippen molar-refractivity contribution in [1.82, 2.24) is 5.32 Å². The van der Waals surface area contributed by atoms with E-state index in [1.807, 2.05) is 6.07 Å². The average molecular weight is 247 g/mol. The highest BCUT2D eigenvalue weighted by Crippen LogP contribution is 2.31. The minimum absolute atomic E-state index is 0.704. The highest BCUT2D eigenvalue weighted by atomic mass is 16.5. The Balaban J connectivity index is 1.99. The number of rotatable bonds is 6. The van der Waals surface area contributed by atoms with Crippen molar-refractivity contribution in [2.75, 3.05) is 13.7 Å². The smallest absolute Gasteiger partial charge is 0.122 e. The van der Waals surface area contributed by atoms with E-state index < -0.39 is 0 Å². The van der Waals surface area contributed by atoms with Crippen LogP contribution in [0.25, 0.3) is 0 Å². The molecule has 2 heteroatoms. The summed E-state index contributed by atoms with van der Waals surface area (Å²) < 4.78 is 5.45. The van der Waals surface area contributed by atoms with Crippen LogP contribution in [0.15, 0.2) is 24.3 Å². The Kier molecular flexibility index (Phi) is 5.06. The van der Waals surface area contributed by atoms with Crippen molar-refractivity contribution < 1.29 is 4.74 Å². The summed E-state index contributed by atoms with van der Waals surface area (Å²) in [6, 6.07) is 9.13. The van der Waals surface area contributed by atoms with Gasteiger partial charge in [0.05, 0.1) is 7.11 Å². The van der Waals surface area contributed by atoms with Gasteiger partial charge in [-0.2, -0.15) is 0 Å². The molecule has 1 aliphatic carbocycles. The average Bonchev–Trinajstić information content (AvgIpc) is 2.84. The molecule has 0 radical (unpaired) electrons. The molecule has 1 fully saturated rings. The molecule has 0 spiro atoms. The van der Waals surface area contributed by atoms with Crippen molar-refractivity contribution >= 4 is 0 Å². The standard InChI is InChI=1S/C16H25NO/c1-3-11-17-15-9-6-8-13(15)12-14-7-4-5-10-16(14)18-2/h4-5,7,10,13,15,17H,3,6,8-9,11-12H2,1-2H3. The van der Waals surface area contributed by atoms with E-state index in [9.17, 15) is 0 Å². The topological polar surface area (TPSA) is 21.3 Å². The monoisotopic (exact) mass is 247 g/mol. The molecular formula is C16H25NO. The summed E-state index contributed by atoms with van der Waals surface area (Å²) in [6.45, 7) is 3.38. The van der Waals surface area contributed by atoms with Gasteiger partial charge in [0.25, 0.3) is 0 Å². The van der Waals surface area contributed by atoms with Crippen LogP contribution in [0.5, 0.6) is 5.75 Å². The molecule has 1 aromatic rings. The lowest BCUT2D eigenvalue weighted by atomic mass is 9.94. The molecule has 0 saturated heterocycles. The third kappa shape index (κ3) is 3.26. The van der Waals surface area contributed by atoms with Crippen LogP contribution in [0.4, 0.5) is 0 Å². The summed E-state index contributed by atoms with van der Waals surface area (Å²) in [6.07, 6.45) is 6.41. The zero-order valence-corrected chi connectivity index (χ0v) is 11.6. The first kappa shape index (κ1) is 13.4. The first-order valence-electron chi connectivity index (χ1n) is 7.20. The normalized spacial score (nSPS) is 23.2. The third-order valence-electron chi connectivity index (χ3n) is 3.99. The van der Waals surface area contributed by atoms with E-state index in [2.05, 4.69) is 30.4 Å². The van der Waals surface area contributed by atoms with Gasteiger partial charge in [0, 0.05) is 6.04 Å². The van der Waals surface area contributed by atoms with Gasteiger partial charge < -0.3 is 10.1 Å². The lowest BCUT2D eigenvalue weighted by Crippen LogP contribution is -2.33. The number of hydrogen-bond donors (Lipinski definition) is 1. The second-order valence-corrected chi connectivity index (χ2v) is 5.27. The molecule has 0 aliphatic heterocycles. The third-order valence-corrected chi connectivity index (χ3v) is 3.99. The van der Waals surface area contributed by atoms with E-state index in [-0.39, 0.29) is 0 Å². The molecule has 2 unspecified atom stereocenters. The number of benzene rings is 1. The second kappa shape index (κ2) is 6.79. The van der Waals surface area contributed by atoms with Crippen molar-refractivity contribution in [1.29, 1.82) is 0 Å². The predicted octanol–water partition coefficient (Wildman–Crippen LogP) is 3.41. The summed E-state index contributed by atoms with van der Waals surface area (Å²) in [5.74, 6) is 1.81.